The molecule has 0 fully saturated rings. The number of nitrogens with zero attached hydrogens (tertiary/aromatic N) is 1. The monoisotopic (exact) mass is 362 g/mol. The summed E-state index contributed by atoms with van der Waals surface area (Å²) in [5.41, 5.74) is 1.24. The third-order valence-electron chi connectivity index (χ3n) is 3.52. The van der Waals surface area contributed by atoms with Gasteiger partial charge in [-0.3, -0.25) is 14.5 Å². The smallest absolute Gasteiger partial charge is 0.265 e. The van der Waals surface area contributed by atoms with E-state index in [2.05, 4.69) is 5.32 Å². The van der Waals surface area contributed by atoms with Crippen molar-refractivity contribution in [2.24, 2.45) is 0 Å². The van der Waals surface area contributed by atoms with Gasteiger partial charge in [-0.25, -0.2) is 0 Å². The number of carbonyl (C=O) groups is 2. The maximum atomic E-state index is 12.3. The minimum absolute atomic E-state index is 0.0830. The van der Waals surface area contributed by atoms with E-state index in [0.717, 1.165) is 4.90 Å². The number of hydrogen-bond donors (Lipinski definition) is 1. The van der Waals surface area contributed by atoms with Crippen molar-refractivity contribution < 1.29 is 14.3 Å². The lowest BCUT2D eigenvalue weighted by Gasteiger charge is -2.28. The van der Waals surface area contributed by atoms with Crippen molar-refractivity contribution in [2.75, 3.05) is 29.6 Å². The molecule has 7 heteroatoms. The number of ether oxygens (including phenoxy) is 1. The Morgan fingerprint density at radius 1 is 1.33 bits per heavy atom. The number of amides is 2. The Hall–Kier alpha value is -2.18. The highest BCUT2D eigenvalue weighted by Crippen LogP contribution is 2.34. The van der Waals surface area contributed by atoms with Crippen LogP contribution in [0.1, 0.15) is 0 Å². The van der Waals surface area contributed by atoms with Crippen LogP contribution >= 0.6 is 23.4 Å². The number of anilines is 2. The quantitative estimate of drug-likeness (QED) is 0.846. The van der Waals surface area contributed by atoms with Crippen LogP contribution in [0.4, 0.5) is 11.4 Å². The maximum absolute atomic E-state index is 12.3. The van der Waals surface area contributed by atoms with Crippen LogP contribution in [0.3, 0.4) is 0 Å². The van der Waals surface area contributed by atoms with E-state index in [1.165, 1.54) is 4.90 Å². The van der Waals surface area contributed by atoms with E-state index in [1.54, 1.807) is 30.0 Å². The molecule has 0 unspecified atom stereocenters. The van der Waals surface area contributed by atoms with Gasteiger partial charge in [0.2, 0.25) is 5.91 Å². The summed E-state index contributed by atoms with van der Waals surface area (Å²) in [6.45, 7) is -0.192. The highest BCUT2D eigenvalue weighted by Gasteiger charge is 2.27. The van der Waals surface area contributed by atoms with Crippen molar-refractivity contribution in [2.45, 2.75) is 4.90 Å². The summed E-state index contributed by atoms with van der Waals surface area (Å²) < 4.78 is 5.37. The van der Waals surface area contributed by atoms with Gasteiger partial charge in [0.05, 0.1) is 5.69 Å². The lowest BCUT2D eigenvalue weighted by atomic mass is 10.2. The zero-order chi connectivity index (χ0) is 17.1. The molecule has 0 aromatic heterocycles. The SMILES string of the molecule is CSc1cccc(NC(=O)CN2C(=O)COc3cc(Cl)ccc32)c1. The fourth-order valence-electron chi connectivity index (χ4n) is 2.40. The Kier molecular flexibility index (Phi) is 4.97. The van der Waals surface area contributed by atoms with Crippen molar-refractivity contribution in [3.8, 4) is 5.75 Å². The number of halogens is 1. The average molecular weight is 363 g/mol. The molecule has 0 aliphatic carbocycles. The first-order valence-corrected chi connectivity index (χ1v) is 8.84. The Labute approximate surface area is 148 Å². The van der Waals surface area contributed by atoms with Crippen LogP contribution in [0.5, 0.6) is 5.75 Å². The molecule has 0 saturated carbocycles. The van der Waals surface area contributed by atoms with E-state index < -0.39 is 0 Å². The lowest BCUT2D eigenvalue weighted by molar-refractivity contribution is -0.123. The van der Waals surface area contributed by atoms with Crippen LogP contribution in [-0.4, -0.2) is 31.2 Å². The molecule has 2 aromatic carbocycles. The highest BCUT2D eigenvalue weighted by atomic mass is 35.5. The second kappa shape index (κ2) is 7.15. The molecule has 1 heterocycles. The molecule has 0 saturated heterocycles. The maximum Gasteiger partial charge on any atom is 0.265 e. The van der Waals surface area contributed by atoms with Gasteiger partial charge >= 0.3 is 0 Å². The van der Waals surface area contributed by atoms with Crippen LogP contribution in [0.2, 0.25) is 5.02 Å². The number of fused-ring (bicyclic) bond motifs is 1. The normalized spacial score (nSPS) is 13.2. The van der Waals surface area contributed by atoms with E-state index in [9.17, 15) is 9.59 Å². The Bertz CT molecular complexity index is 797. The Balaban J connectivity index is 1.75. The standard InChI is InChI=1S/C17H15ClN2O3S/c1-24-13-4-2-3-12(8-13)19-16(21)9-20-14-6-5-11(18)7-15(14)23-10-17(20)22/h2-8H,9-10H2,1H3,(H,19,21). The molecule has 24 heavy (non-hydrogen) atoms. The van der Waals surface area contributed by atoms with Crippen LogP contribution in [0, 0.1) is 0 Å². The fourth-order valence-corrected chi connectivity index (χ4v) is 3.02. The first kappa shape index (κ1) is 16.7. The number of benzene rings is 2. The molecule has 3 rings (SSSR count). The van der Waals surface area contributed by atoms with Crippen molar-refractivity contribution in [3.63, 3.8) is 0 Å². The number of hydrogen-bond acceptors (Lipinski definition) is 4. The molecule has 2 aromatic rings. The molecule has 1 aliphatic rings. The summed E-state index contributed by atoms with van der Waals surface area (Å²) >= 11 is 7.53. The van der Waals surface area contributed by atoms with Gasteiger partial charge < -0.3 is 10.1 Å². The molecule has 0 spiro atoms. The van der Waals surface area contributed by atoms with Crippen molar-refractivity contribution in [1.29, 1.82) is 0 Å². The van der Waals surface area contributed by atoms with Gasteiger partial charge in [0.25, 0.3) is 5.91 Å². The molecular weight excluding hydrogens is 348 g/mol. The Morgan fingerprint density at radius 2 is 2.17 bits per heavy atom. The van der Waals surface area contributed by atoms with Gasteiger partial charge in [-0.2, -0.15) is 0 Å². The van der Waals surface area contributed by atoms with Crippen LogP contribution < -0.4 is 15.0 Å². The van der Waals surface area contributed by atoms with E-state index in [0.29, 0.717) is 22.1 Å². The largest absolute Gasteiger partial charge is 0.482 e. The molecule has 0 bridgehead atoms. The number of carbonyl (C=O) groups excluding carboxylic acids is 2. The van der Waals surface area contributed by atoms with Gasteiger partial charge in [-0.15, -0.1) is 11.8 Å². The summed E-state index contributed by atoms with van der Waals surface area (Å²) in [7, 11) is 0. The topological polar surface area (TPSA) is 58.6 Å². The summed E-state index contributed by atoms with van der Waals surface area (Å²) in [6.07, 6.45) is 1.97. The zero-order valence-corrected chi connectivity index (χ0v) is 14.5. The molecule has 0 radical (unpaired) electrons. The van der Waals surface area contributed by atoms with Crippen molar-refractivity contribution in [3.05, 3.63) is 47.5 Å². The summed E-state index contributed by atoms with van der Waals surface area (Å²) in [4.78, 5) is 26.9. The fraction of sp³-hybridized carbons (Fsp3) is 0.176. The Morgan fingerprint density at radius 3 is 2.96 bits per heavy atom. The summed E-state index contributed by atoms with van der Waals surface area (Å²) in [5.74, 6) is -0.0403. The first-order chi connectivity index (χ1) is 11.6. The van der Waals surface area contributed by atoms with Crippen LogP contribution in [0.15, 0.2) is 47.4 Å². The van der Waals surface area contributed by atoms with Gasteiger partial charge in [-0.1, -0.05) is 17.7 Å². The predicted octanol–water partition coefficient (Wildman–Crippen LogP) is 3.43. The number of thioether (sulfide) groups is 1. The highest BCUT2D eigenvalue weighted by molar-refractivity contribution is 7.98. The first-order valence-electron chi connectivity index (χ1n) is 7.23. The number of rotatable bonds is 4. The average Bonchev–Trinajstić information content (AvgIpc) is 2.57. The molecule has 1 aliphatic heterocycles. The molecule has 5 nitrogen and oxygen atoms in total. The van der Waals surface area contributed by atoms with E-state index in [1.807, 2.05) is 30.5 Å². The summed E-state index contributed by atoms with van der Waals surface area (Å²) in [5, 5.41) is 3.33. The molecular formula is C17H15ClN2O3S. The molecule has 1 N–H and O–H groups in total. The van der Waals surface area contributed by atoms with E-state index in [4.69, 9.17) is 16.3 Å². The third-order valence-corrected chi connectivity index (χ3v) is 4.48. The van der Waals surface area contributed by atoms with E-state index in [-0.39, 0.29) is 25.0 Å². The van der Waals surface area contributed by atoms with Crippen LogP contribution in [0.25, 0.3) is 0 Å². The van der Waals surface area contributed by atoms with Crippen molar-refractivity contribution in [1.82, 2.24) is 0 Å². The van der Waals surface area contributed by atoms with Crippen molar-refractivity contribution >= 4 is 46.6 Å². The lowest BCUT2D eigenvalue weighted by Crippen LogP contribution is -2.43. The molecule has 0 atom stereocenters. The van der Waals surface area contributed by atoms with Gasteiger partial charge in [0.1, 0.15) is 12.3 Å². The van der Waals surface area contributed by atoms with Crippen LogP contribution in [-0.2, 0) is 9.59 Å². The van der Waals surface area contributed by atoms with Gasteiger partial charge in [0, 0.05) is 21.7 Å². The predicted molar refractivity (Wildman–Crippen MR) is 96.2 cm³/mol. The zero-order valence-electron chi connectivity index (χ0n) is 12.9. The summed E-state index contributed by atoms with van der Waals surface area (Å²) in [6, 6.07) is 12.5. The molecule has 124 valence electrons. The number of nitrogens with one attached hydrogen (secondary N) is 1. The third kappa shape index (κ3) is 3.66. The van der Waals surface area contributed by atoms with Gasteiger partial charge in [-0.05, 0) is 36.6 Å². The second-order valence-electron chi connectivity index (χ2n) is 5.16. The van der Waals surface area contributed by atoms with Gasteiger partial charge in [0.15, 0.2) is 6.61 Å². The second-order valence-corrected chi connectivity index (χ2v) is 6.48. The minimum atomic E-state index is -0.274. The van der Waals surface area contributed by atoms with E-state index >= 15 is 0 Å². The molecule has 2 amide bonds. The minimum Gasteiger partial charge on any atom is -0.482 e.